The molecule has 1 N–H and O–H groups in total. The summed E-state index contributed by atoms with van der Waals surface area (Å²) in [6, 6.07) is 20.0. The smallest absolute Gasteiger partial charge is 0.243 e. The minimum atomic E-state index is -3.67. The number of amides is 1. The maximum atomic E-state index is 13.3. The van der Waals surface area contributed by atoms with E-state index >= 15 is 0 Å². The van der Waals surface area contributed by atoms with Crippen molar-refractivity contribution < 1.29 is 13.2 Å². The Morgan fingerprint density at radius 1 is 1.06 bits per heavy atom. The van der Waals surface area contributed by atoms with Gasteiger partial charge in [-0.3, -0.25) is 4.79 Å². The van der Waals surface area contributed by atoms with Crippen LogP contribution in [-0.4, -0.2) is 31.7 Å². The van der Waals surface area contributed by atoms with Crippen molar-refractivity contribution >= 4 is 38.3 Å². The highest BCUT2D eigenvalue weighted by Crippen LogP contribution is 2.27. The molecular weight excluding hydrogens is 432 g/mol. The SMILES string of the molecule is CC(NC(=O)C1CCCN(S(=O)(=O)c2ccc3ccccc3c2)C1)c1ccc(Cl)cc1. The number of hydrogen-bond donors (Lipinski definition) is 1. The molecule has 1 amide bonds. The van der Waals surface area contributed by atoms with Crippen LogP contribution in [0.2, 0.25) is 5.02 Å². The highest BCUT2D eigenvalue weighted by atomic mass is 35.5. The van der Waals surface area contributed by atoms with Gasteiger partial charge in [-0.2, -0.15) is 4.31 Å². The van der Waals surface area contributed by atoms with Crippen molar-refractivity contribution in [2.45, 2.75) is 30.7 Å². The number of halogens is 1. The standard InChI is InChI=1S/C24H25ClN2O3S/c1-17(18-8-11-22(25)12-9-18)26-24(28)21-7-4-14-27(16-21)31(29,30)23-13-10-19-5-2-3-6-20(19)15-23/h2-3,5-6,8-13,15,17,21H,4,7,14,16H2,1H3,(H,26,28). The fourth-order valence-electron chi connectivity index (χ4n) is 4.02. The molecule has 1 aliphatic rings. The summed E-state index contributed by atoms with van der Waals surface area (Å²) in [5, 5.41) is 5.54. The van der Waals surface area contributed by atoms with Crippen molar-refractivity contribution in [1.82, 2.24) is 9.62 Å². The molecule has 7 heteroatoms. The Hall–Kier alpha value is -2.41. The summed E-state index contributed by atoms with van der Waals surface area (Å²) in [7, 11) is -3.67. The van der Waals surface area contributed by atoms with E-state index in [0.29, 0.717) is 24.4 Å². The second-order valence-corrected chi connectivity index (χ2v) is 10.4. The van der Waals surface area contributed by atoms with Crippen molar-refractivity contribution in [1.29, 1.82) is 0 Å². The first kappa shape index (κ1) is 21.8. The molecule has 5 nitrogen and oxygen atoms in total. The molecule has 31 heavy (non-hydrogen) atoms. The third-order valence-electron chi connectivity index (χ3n) is 5.84. The van der Waals surface area contributed by atoms with Crippen LogP contribution in [0.5, 0.6) is 0 Å². The number of sulfonamides is 1. The van der Waals surface area contributed by atoms with Crippen LogP contribution in [0.4, 0.5) is 0 Å². The zero-order chi connectivity index (χ0) is 22.0. The van der Waals surface area contributed by atoms with E-state index in [1.54, 1.807) is 24.3 Å². The molecule has 3 aromatic rings. The minimum Gasteiger partial charge on any atom is -0.349 e. The molecule has 0 aliphatic carbocycles. The van der Waals surface area contributed by atoms with E-state index in [9.17, 15) is 13.2 Å². The number of hydrogen-bond acceptors (Lipinski definition) is 3. The van der Waals surface area contributed by atoms with Gasteiger partial charge in [0.1, 0.15) is 0 Å². The fraction of sp³-hybridized carbons (Fsp3) is 0.292. The summed E-state index contributed by atoms with van der Waals surface area (Å²) >= 11 is 5.94. The van der Waals surface area contributed by atoms with E-state index in [1.165, 1.54) is 4.31 Å². The second kappa shape index (κ2) is 8.99. The lowest BCUT2D eigenvalue weighted by Gasteiger charge is -2.32. The van der Waals surface area contributed by atoms with Crippen molar-refractivity contribution in [2.75, 3.05) is 13.1 Å². The highest BCUT2D eigenvalue weighted by Gasteiger charge is 2.33. The summed E-state index contributed by atoms with van der Waals surface area (Å²) in [5.41, 5.74) is 0.953. The van der Waals surface area contributed by atoms with Crippen LogP contribution >= 0.6 is 11.6 Å². The van der Waals surface area contributed by atoms with Crippen LogP contribution in [0, 0.1) is 5.92 Å². The monoisotopic (exact) mass is 456 g/mol. The predicted octanol–water partition coefficient (Wildman–Crippen LogP) is 4.77. The molecule has 1 heterocycles. The van der Waals surface area contributed by atoms with Gasteiger partial charge < -0.3 is 5.32 Å². The molecule has 2 atom stereocenters. The van der Waals surface area contributed by atoms with Gasteiger partial charge in [0.25, 0.3) is 0 Å². The molecular formula is C24H25ClN2O3S. The maximum absolute atomic E-state index is 13.3. The molecule has 4 rings (SSSR count). The summed E-state index contributed by atoms with van der Waals surface area (Å²) in [4.78, 5) is 13.1. The fourth-order valence-corrected chi connectivity index (χ4v) is 5.70. The van der Waals surface area contributed by atoms with Crippen LogP contribution in [0.3, 0.4) is 0 Å². The molecule has 0 aromatic heterocycles. The summed E-state index contributed by atoms with van der Waals surface area (Å²) in [6.45, 7) is 2.52. The van der Waals surface area contributed by atoms with Gasteiger partial charge in [0, 0.05) is 18.1 Å². The van der Waals surface area contributed by atoms with E-state index < -0.39 is 10.0 Å². The number of fused-ring (bicyclic) bond motifs is 1. The lowest BCUT2D eigenvalue weighted by Crippen LogP contribution is -2.45. The summed E-state index contributed by atoms with van der Waals surface area (Å²) < 4.78 is 28.0. The topological polar surface area (TPSA) is 66.5 Å². The van der Waals surface area contributed by atoms with Crippen molar-refractivity contribution in [3.63, 3.8) is 0 Å². The Bertz CT molecular complexity index is 1190. The third-order valence-corrected chi connectivity index (χ3v) is 7.96. The molecule has 0 spiro atoms. The highest BCUT2D eigenvalue weighted by molar-refractivity contribution is 7.89. The molecule has 1 fully saturated rings. The Morgan fingerprint density at radius 2 is 1.77 bits per heavy atom. The van der Waals surface area contributed by atoms with Gasteiger partial charge in [0.15, 0.2) is 0 Å². The molecule has 2 unspecified atom stereocenters. The lowest BCUT2D eigenvalue weighted by atomic mass is 9.98. The van der Waals surface area contributed by atoms with Gasteiger partial charge in [-0.05, 0) is 60.4 Å². The normalized spacial score (nSPS) is 18.6. The predicted molar refractivity (Wildman–Crippen MR) is 123 cm³/mol. The number of rotatable bonds is 5. The molecule has 1 saturated heterocycles. The summed E-state index contributed by atoms with van der Waals surface area (Å²) in [6.07, 6.45) is 1.32. The first-order valence-electron chi connectivity index (χ1n) is 10.4. The van der Waals surface area contributed by atoms with E-state index in [1.807, 2.05) is 49.4 Å². The van der Waals surface area contributed by atoms with Crippen LogP contribution in [0.15, 0.2) is 71.6 Å². The maximum Gasteiger partial charge on any atom is 0.243 e. The number of piperidine rings is 1. The average molecular weight is 457 g/mol. The van der Waals surface area contributed by atoms with Gasteiger partial charge in [0.2, 0.25) is 15.9 Å². The van der Waals surface area contributed by atoms with Crippen molar-refractivity contribution in [3.05, 3.63) is 77.3 Å². The quantitative estimate of drug-likeness (QED) is 0.601. The zero-order valence-corrected chi connectivity index (χ0v) is 18.9. The number of nitrogens with zero attached hydrogens (tertiary/aromatic N) is 1. The molecule has 0 saturated carbocycles. The van der Waals surface area contributed by atoms with Crippen molar-refractivity contribution in [2.24, 2.45) is 5.92 Å². The number of carbonyl (C=O) groups excluding carboxylic acids is 1. The van der Waals surface area contributed by atoms with Gasteiger partial charge in [-0.1, -0.05) is 54.1 Å². The van der Waals surface area contributed by atoms with E-state index in [4.69, 9.17) is 11.6 Å². The van der Waals surface area contributed by atoms with Crippen LogP contribution < -0.4 is 5.32 Å². The molecule has 0 bridgehead atoms. The Kier molecular flexibility index (Phi) is 6.32. The zero-order valence-electron chi connectivity index (χ0n) is 17.3. The number of benzene rings is 3. The molecule has 3 aromatic carbocycles. The van der Waals surface area contributed by atoms with Crippen LogP contribution in [0.1, 0.15) is 31.4 Å². The lowest BCUT2D eigenvalue weighted by molar-refractivity contribution is -0.126. The Labute approximate surface area is 188 Å². The third kappa shape index (κ3) is 4.76. The summed E-state index contributed by atoms with van der Waals surface area (Å²) in [5.74, 6) is -0.500. The average Bonchev–Trinajstić information content (AvgIpc) is 2.79. The minimum absolute atomic E-state index is 0.124. The molecule has 0 radical (unpaired) electrons. The van der Waals surface area contributed by atoms with Gasteiger partial charge in [-0.25, -0.2) is 8.42 Å². The Balaban J connectivity index is 1.47. The number of nitrogens with one attached hydrogen (secondary N) is 1. The van der Waals surface area contributed by atoms with Gasteiger partial charge in [0.05, 0.1) is 16.9 Å². The number of carbonyl (C=O) groups is 1. The van der Waals surface area contributed by atoms with Crippen molar-refractivity contribution in [3.8, 4) is 0 Å². The largest absolute Gasteiger partial charge is 0.349 e. The van der Waals surface area contributed by atoms with E-state index in [0.717, 1.165) is 16.3 Å². The van der Waals surface area contributed by atoms with E-state index in [2.05, 4.69) is 5.32 Å². The first-order chi connectivity index (χ1) is 14.8. The van der Waals surface area contributed by atoms with Crippen LogP contribution in [-0.2, 0) is 14.8 Å². The van der Waals surface area contributed by atoms with Crippen LogP contribution in [0.25, 0.3) is 10.8 Å². The van der Waals surface area contributed by atoms with E-state index in [-0.39, 0.29) is 29.3 Å². The molecule has 1 aliphatic heterocycles. The Morgan fingerprint density at radius 3 is 2.52 bits per heavy atom. The first-order valence-corrected chi connectivity index (χ1v) is 12.2. The second-order valence-electron chi connectivity index (χ2n) is 7.99. The van der Waals surface area contributed by atoms with Gasteiger partial charge >= 0.3 is 0 Å². The molecule has 162 valence electrons. The van der Waals surface area contributed by atoms with Gasteiger partial charge in [-0.15, -0.1) is 0 Å².